The lowest BCUT2D eigenvalue weighted by Gasteiger charge is -2.02. The van der Waals surface area contributed by atoms with Crippen molar-refractivity contribution < 1.29 is 5.11 Å². The summed E-state index contributed by atoms with van der Waals surface area (Å²) in [6.07, 6.45) is 5.38. The van der Waals surface area contributed by atoms with Crippen LogP contribution in [0.25, 0.3) is 11.0 Å². The lowest BCUT2D eigenvalue weighted by Crippen LogP contribution is -2.01. The van der Waals surface area contributed by atoms with Crippen molar-refractivity contribution in [2.75, 3.05) is 6.61 Å². The maximum absolute atomic E-state index is 8.88. The second kappa shape index (κ2) is 5.73. The van der Waals surface area contributed by atoms with Crippen molar-refractivity contribution in [3.8, 4) is 0 Å². The minimum atomic E-state index is 0.217. The molecule has 0 amide bonds. The lowest BCUT2D eigenvalue weighted by molar-refractivity contribution is 0.288. The summed E-state index contributed by atoms with van der Waals surface area (Å²) >= 11 is 1.79. The third kappa shape index (κ3) is 2.73. The van der Waals surface area contributed by atoms with E-state index in [1.807, 2.05) is 17.1 Å². The van der Waals surface area contributed by atoms with E-state index < -0.39 is 0 Å². The monoisotopic (exact) mass is 287 g/mol. The minimum Gasteiger partial charge on any atom is -0.396 e. The van der Waals surface area contributed by atoms with Gasteiger partial charge >= 0.3 is 0 Å². The van der Waals surface area contributed by atoms with Crippen LogP contribution in [0.5, 0.6) is 0 Å². The zero-order chi connectivity index (χ0) is 13.9. The Morgan fingerprint density at radius 3 is 2.95 bits per heavy atom. The summed E-state index contributed by atoms with van der Waals surface area (Å²) in [4.78, 5) is 7.13. The van der Waals surface area contributed by atoms with Gasteiger partial charge in [0.25, 0.3) is 0 Å². The average molecular weight is 287 g/mol. The third-order valence-corrected chi connectivity index (χ3v) is 4.24. The number of aromatic nitrogens is 3. The molecule has 20 heavy (non-hydrogen) atoms. The molecule has 0 radical (unpaired) electrons. The number of rotatable bonds is 5. The molecule has 0 bridgehead atoms. The van der Waals surface area contributed by atoms with Crippen molar-refractivity contribution in [1.82, 2.24) is 14.8 Å². The molecule has 1 N–H and O–H groups in total. The van der Waals surface area contributed by atoms with E-state index in [4.69, 9.17) is 5.11 Å². The van der Waals surface area contributed by atoms with Gasteiger partial charge in [-0.25, -0.2) is 9.67 Å². The highest BCUT2D eigenvalue weighted by Crippen LogP contribution is 2.19. The molecule has 0 spiro atoms. The first-order valence-electron chi connectivity index (χ1n) is 6.73. The molecule has 4 nitrogen and oxygen atoms in total. The van der Waals surface area contributed by atoms with Crippen LogP contribution < -0.4 is 0 Å². The molecule has 5 heteroatoms. The van der Waals surface area contributed by atoms with Crippen molar-refractivity contribution >= 4 is 22.4 Å². The van der Waals surface area contributed by atoms with E-state index in [9.17, 15) is 0 Å². The van der Waals surface area contributed by atoms with Crippen LogP contribution in [0.4, 0.5) is 0 Å². The Morgan fingerprint density at radius 1 is 1.30 bits per heavy atom. The quantitative estimate of drug-likeness (QED) is 0.785. The number of pyridine rings is 1. The fourth-order valence-corrected chi connectivity index (χ4v) is 3.14. The smallest absolute Gasteiger partial charge is 0.158 e. The fraction of sp³-hybridized carbons (Fsp3) is 0.333. The van der Waals surface area contributed by atoms with Crippen LogP contribution in [-0.2, 0) is 13.0 Å². The number of aryl methyl sites for hydroxylation is 2. The van der Waals surface area contributed by atoms with Crippen molar-refractivity contribution in [2.24, 2.45) is 0 Å². The van der Waals surface area contributed by atoms with Gasteiger partial charge in [0.05, 0.1) is 12.7 Å². The van der Waals surface area contributed by atoms with E-state index in [0.29, 0.717) is 0 Å². The summed E-state index contributed by atoms with van der Waals surface area (Å²) in [6, 6.07) is 6.39. The molecule has 0 aromatic carbocycles. The van der Waals surface area contributed by atoms with E-state index in [0.717, 1.165) is 36.0 Å². The van der Waals surface area contributed by atoms with E-state index >= 15 is 0 Å². The van der Waals surface area contributed by atoms with Gasteiger partial charge in [-0.2, -0.15) is 5.10 Å². The predicted octanol–water partition coefficient (Wildman–Crippen LogP) is 2.77. The molecule has 0 fully saturated rings. The SMILES string of the molecule is Cc1ccc(Cn2ncc3cc(CCCO)cnc32)s1. The Morgan fingerprint density at radius 2 is 2.20 bits per heavy atom. The number of fused-ring (bicyclic) bond motifs is 1. The molecule has 0 aliphatic rings. The van der Waals surface area contributed by atoms with Crippen molar-refractivity contribution in [1.29, 1.82) is 0 Å². The van der Waals surface area contributed by atoms with Gasteiger partial charge in [0.15, 0.2) is 5.65 Å². The van der Waals surface area contributed by atoms with E-state index in [2.05, 4.69) is 35.2 Å². The molecule has 0 unspecified atom stereocenters. The van der Waals surface area contributed by atoms with Crippen LogP contribution in [-0.4, -0.2) is 26.5 Å². The summed E-state index contributed by atoms with van der Waals surface area (Å²) < 4.78 is 1.94. The highest BCUT2D eigenvalue weighted by Gasteiger charge is 2.07. The topological polar surface area (TPSA) is 50.9 Å². The summed E-state index contributed by atoms with van der Waals surface area (Å²) in [5.74, 6) is 0. The summed E-state index contributed by atoms with van der Waals surface area (Å²) in [7, 11) is 0. The average Bonchev–Trinajstić information content (AvgIpc) is 3.04. The highest BCUT2D eigenvalue weighted by atomic mass is 32.1. The predicted molar refractivity (Wildman–Crippen MR) is 81.1 cm³/mol. The maximum atomic E-state index is 8.88. The van der Waals surface area contributed by atoms with Gasteiger partial charge < -0.3 is 5.11 Å². The van der Waals surface area contributed by atoms with E-state index in [-0.39, 0.29) is 6.61 Å². The van der Waals surface area contributed by atoms with Gasteiger partial charge in [0.1, 0.15) is 0 Å². The van der Waals surface area contributed by atoms with Crippen LogP contribution in [0.3, 0.4) is 0 Å². The van der Waals surface area contributed by atoms with Crippen molar-refractivity contribution in [3.63, 3.8) is 0 Å². The molecule has 3 rings (SSSR count). The Labute approximate surface area is 121 Å². The van der Waals surface area contributed by atoms with Crippen LogP contribution in [0.15, 0.2) is 30.6 Å². The molecule has 3 aromatic rings. The Kier molecular flexibility index (Phi) is 3.80. The van der Waals surface area contributed by atoms with Crippen molar-refractivity contribution in [2.45, 2.75) is 26.3 Å². The van der Waals surface area contributed by atoms with Crippen LogP contribution in [0, 0.1) is 6.92 Å². The number of hydrogen-bond donors (Lipinski definition) is 1. The number of thiophene rings is 1. The van der Waals surface area contributed by atoms with E-state index in [1.54, 1.807) is 11.3 Å². The summed E-state index contributed by atoms with van der Waals surface area (Å²) in [6.45, 7) is 3.10. The summed E-state index contributed by atoms with van der Waals surface area (Å²) in [5, 5.41) is 14.4. The highest BCUT2D eigenvalue weighted by molar-refractivity contribution is 7.11. The molecular weight excluding hydrogens is 270 g/mol. The molecular formula is C15H17N3OS. The molecule has 104 valence electrons. The summed E-state index contributed by atoms with van der Waals surface area (Å²) in [5.41, 5.74) is 2.07. The normalized spacial score (nSPS) is 11.3. The zero-order valence-corrected chi connectivity index (χ0v) is 12.2. The first-order valence-corrected chi connectivity index (χ1v) is 7.54. The molecule has 3 aromatic heterocycles. The maximum Gasteiger partial charge on any atom is 0.158 e. The van der Waals surface area contributed by atoms with Crippen molar-refractivity contribution in [3.05, 3.63) is 45.9 Å². The second-order valence-corrected chi connectivity index (χ2v) is 6.27. The van der Waals surface area contributed by atoms with Gasteiger partial charge in [0.2, 0.25) is 0 Å². The standard InChI is InChI=1S/C15H17N3OS/c1-11-4-5-14(20-11)10-18-15-13(9-17-18)7-12(8-16-15)3-2-6-19/h4-5,7-9,19H,2-3,6,10H2,1H3. The number of aliphatic hydroxyl groups is 1. The second-order valence-electron chi connectivity index (χ2n) is 4.90. The zero-order valence-electron chi connectivity index (χ0n) is 11.4. The minimum absolute atomic E-state index is 0.217. The molecule has 0 atom stereocenters. The van der Waals surface area contributed by atoms with Gasteiger partial charge in [-0.05, 0) is 43.5 Å². The molecule has 0 saturated heterocycles. The third-order valence-electron chi connectivity index (χ3n) is 3.26. The van der Waals surface area contributed by atoms with Gasteiger partial charge in [-0.3, -0.25) is 0 Å². The van der Waals surface area contributed by atoms with Gasteiger partial charge in [-0.15, -0.1) is 11.3 Å². The molecule has 0 saturated carbocycles. The van der Waals surface area contributed by atoms with E-state index in [1.165, 1.54) is 9.75 Å². The van der Waals surface area contributed by atoms with Crippen LogP contribution in [0.1, 0.15) is 21.7 Å². The van der Waals surface area contributed by atoms with Crippen LogP contribution >= 0.6 is 11.3 Å². The molecule has 3 heterocycles. The first kappa shape index (κ1) is 13.3. The number of nitrogens with zero attached hydrogens (tertiary/aromatic N) is 3. The number of aliphatic hydroxyl groups excluding tert-OH is 1. The number of hydrogen-bond acceptors (Lipinski definition) is 4. The Bertz CT molecular complexity index is 717. The molecule has 0 aliphatic carbocycles. The Hall–Kier alpha value is -1.72. The molecule has 0 aliphatic heterocycles. The van der Waals surface area contributed by atoms with Gasteiger partial charge in [-0.1, -0.05) is 0 Å². The fourth-order valence-electron chi connectivity index (χ4n) is 2.27. The largest absolute Gasteiger partial charge is 0.396 e. The lowest BCUT2D eigenvalue weighted by atomic mass is 10.1. The Balaban J connectivity index is 1.85. The first-order chi connectivity index (χ1) is 9.76. The van der Waals surface area contributed by atoms with Gasteiger partial charge in [0, 0.05) is 27.9 Å². The van der Waals surface area contributed by atoms with Crippen LogP contribution in [0.2, 0.25) is 0 Å².